The molecular formula is C18H26O3. The normalized spacial score (nSPS) is 45.8. The Balaban J connectivity index is 1.62. The summed E-state index contributed by atoms with van der Waals surface area (Å²) in [5.74, 6) is 2.41. The van der Waals surface area contributed by atoms with Crippen molar-refractivity contribution >= 4 is 5.97 Å². The molecule has 0 radical (unpaired) electrons. The third-order valence-electron chi connectivity index (χ3n) is 6.91. The molecule has 1 heterocycles. The third-order valence-corrected chi connectivity index (χ3v) is 6.91. The zero-order valence-corrected chi connectivity index (χ0v) is 13.2. The fourth-order valence-corrected chi connectivity index (χ4v) is 5.96. The quantitative estimate of drug-likeness (QED) is 0.575. The number of rotatable bonds is 2. The average molecular weight is 290 g/mol. The van der Waals surface area contributed by atoms with Gasteiger partial charge in [0, 0.05) is 5.41 Å². The van der Waals surface area contributed by atoms with Gasteiger partial charge in [-0.05, 0) is 61.7 Å². The van der Waals surface area contributed by atoms with Crippen LogP contribution >= 0.6 is 0 Å². The molecule has 1 saturated heterocycles. The van der Waals surface area contributed by atoms with E-state index in [-0.39, 0.29) is 11.4 Å². The minimum absolute atomic E-state index is 0.112. The Kier molecular flexibility index (Phi) is 2.86. The molecule has 5 rings (SSSR count). The first-order valence-corrected chi connectivity index (χ1v) is 8.40. The Morgan fingerprint density at radius 1 is 1.10 bits per heavy atom. The molecule has 4 aliphatic carbocycles. The van der Waals surface area contributed by atoms with Crippen molar-refractivity contribution in [1.29, 1.82) is 0 Å². The van der Waals surface area contributed by atoms with Crippen LogP contribution in [0.3, 0.4) is 0 Å². The predicted molar refractivity (Wildman–Crippen MR) is 79.4 cm³/mol. The first-order valence-electron chi connectivity index (χ1n) is 8.40. The molecule has 5 aliphatic rings. The molecule has 1 aliphatic heterocycles. The van der Waals surface area contributed by atoms with Gasteiger partial charge in [0.2, 0.25) is 6.29 Å². The van der Waals surface area contributed by atoms with Crippen LogP contribution < -0.4 is 0 Å². The van der Waals surface area contributed by atoms with E-state index in [0.717, 1.165) is 17.8 Å². The van der Waals surface area contributed by atoms with E-state index in [1.807, 2.05) is 0 Å². The van der Waals surface area contributed by atoms with Gasteiger partial charge in [0.05, 0.1) is 12.2 Å². The highest BCUT2D eigenvalue weighted by atomic mass is 16.7. The van der Waals surface area contributed by atoms with Gasteiger partial charge in [0.25, 0.3) is 0 Å². The molecule has 0 spiro atoms. The fourth-order valence-electron chi connectivity index (χ4n) is 5.96. The molecule has 21 heavy (non-hydrogen) atoms. The topological polar surface area (TPSA) is 35.5 Å². The Hall–Kier alpha value is -0.830. The molecule has 1 unspecified atom stereocenters. The predicted octanol–water partition coefficient (Wildman–Crippen LogP) is 3.68. The molecule has 3 nitrogen and oxygen atoms in total. The van der Waals surface area contributed by atoms with Gasteiger partial charge in [-0.25, -0.2) is 4.79 Å². The van der Waals surface area contributed by atoms with Gasteiger partial charge in [-0.3, -0.25) is 0 Å². The third kappa shape index (κ3) is 1.93. The minimum Gasteiger partial charge on any atom is -0.432 e. The maximum absolute atomic E-state index is 11.9. The highest BCUT2D eigenvalue weighted by Crippen LogP contribution is 2.67. The number of carbonyl (C=O) groups is 1. The van der Waals surface area contributed by atoms with Gasteiger partial charge >= 0.3 is 5.97 Å². The number of cyclic esters (lactones) is 1. The van der Waals surface area contributed by atoms with Crippen molar-refractivity contribution in [1.82, 2.24) is 0 Å². The van der Waals surface area contributed by atoms with E-state index in [4.69, 9.17) is 9.47 Å². The second kappa shape index (κ2) is 4.34. The van der Waals surface area contributed by atoms with E-state index in [0.29, 0.717) is 17.6 Å². The fraction of sp³-hybridized carbons (Fsp3) is 0.833. The van der Waals surface area contributed by atoms with Crippen molar-refractivity contribution in [2.24, 2.45) is 28.6 Å². The van der Waals surface area contributed by atoms with Crippen LogP contribution in [0.1, 0.15) is 52.4 Å². The Morgan fingerprint density at radius 3 is 2.10 bits per heavy atom. The molecule has 4 saturated carbocycles. The summed E-state index contributed by atoms with van der Waals surface area (Å²) >= 11 is 0. The second-order valence-electron chi connectivity index (χ2n) is 8.57. The molecule has 5 fully saturated rings. The molecule has 0 aromatic rings. The summed E-state index contributed by atoms with van der Waals surface area (Å²) in [5, 5.41) is 0. The zero-order valence-electron chi connectivity index (χ0n) is 13.2. The van der Waals surface area contributed by atoms with Gasteiger partial charge in [0.1, 0.15) is 0 Å². The maximum Gasteiger partial charge on any atom is 0.338 e. The maximum atomic E-state index is 11.9. The van der Waals surface area contributed by atoms with E-state index in [1.165, 1.54) is 38.5 Å². The van der Waals surface area contributed by atoms with Gasteiger partial charge in [-0.2, -0.15) is 0 Å². The van der Waals surface area contributed by atoms with Gasteiger partial charge < -0.3 is 9.47 Å². The molecular weight excluding hydrogens is 264 g/mol. The molecule has 0 aromatic carbocycles. The summed E-state index contributed by atoms with van der Waals surface area (Å²) in [6, 6.07) is 0. The number of ether oxygens (including phenoxy) is 2. The molecule has 0 aromatic heterocycles. The van der Waals surface area contributed by atoms with Crippen LogP contribution in [0.4, 0.5) is 0 Å². The first-order chi connectivity index (χ1) is 9.89. The number of esters is 1. The van der Waals surface area contributed by atoms with Crippen LogP contribution in [0.25, 0.3) is 0 Å². The van der Waals surface area contributed by atoms with Crippen molar-refractivity contribution < 1.29 is 14.3 Å². The minimum atomic E-state index is -0.410. The first kappa shape index (κ1) is 13.8. The van der Waals surface area contributed by atoms with Crippen molar-refractivity contribution in [2.75, 3.05) is 6.61 Å². The van der Waals surface area contributed by atoms with Gasteiger partial charge in [-0.1, -0.05) is 20.4 Å². The van der Waals surface area contributed by atoms with Gasteiger partial charge in [-0.15, -0.1) is 0 Å². The molecule has 0 N–H and O–H groups in total. The highest BCUT2D eigenvalue weighted by molar-refractivity contribution is 5.88. The summed E-state index contributed by atoms with van der Waals surface area (Å²) in [5.41, 5.74) is 0.623. The standard InChI is InChI=1S/C18H26O3/c1-11-10-20-16(21-15(11)19)17(2,3)18-7-12-4-13(8-18)6-14(5-12)9-18/h12-14,16H,1,4-10H2,2-3H3. The van der Waals surface area contributed by atoms with E-state index in [9.17, 15) is 4.79 Å². The summed E-state index contributed by atoms with van der Waals surface area (Å²) in [4.78, 5) is 11.9. The Morgan fingerprint density at radius 2 is 1.62 bits per heavy atom. The van der Waals surface area contributed by atoms with E-state index in [1.54, 1.807) is 0 Å². The Bertz CT molecular complexity index is 455. The number of hydrogen-bond donors (Lipinski definition) is 0. The van der Waals surface area contributed by atoms with Crippen LogP contribution in [0.5, 0.6) is 0 Å². The van der Waals surface area contributed by atoms with Crippen LogP contribution in [0, 0.1) is 28.6 Å². The largest absolute Gasteiger partial charge is 0.432 e. The van der Waals surface area contributed by atoms with E-state index in [2.05, 4.69) is 20.4 Å². The van der Waals surface area contributed by atoms with E-state index < -0.39 is 6.29 Å². The zero-order chi connectivity index (χ0) is 14.8. The monoisotopic (exact) mass is 290 g/mol. The number of hydrogen-bond acceptors (Lipinski definition) is 3. The lowest BCUT2D eigenvalue weighted by atomic mass is 9.43. The molecule has 116 valence electrons. The Labute approximate surface area is 127 Å². The summed E-state index contributed by atoms with van der Waals surface area (Å²) in [7, 11) is 0. The summed E-state index contributed by atoms with van der Waals surface area (Å²) in [6.07, 6.45) is 7.76. The lowest BCUT2D eigenvalue weighted by Gasteiger charge is -2.63. The average Bonchev–Trinajstić information content (AvgIpc) is 2.40. The van der Waals surface area contributed by atoms with Crippen molar-refractivity contribution in [2.45, 2.75) is 58.7 Å². The molecule has 3 heteroatoms. The van der Waals surface area contributed by atoms with Crippen molar-refractivity contribution in [3.63, 3.8) is 0 Å². The van der Waals surface area contributed by atoms with Crippen LogP contribution in [-0.2, 0) is 14.3 Å². The SMILES string of the molecule is C=C1COC(C(C)(C)C23CC4CC(CC(C4)C2)C3)OC1=O. The number of carbonyl (C=O) groups excluding carboxylic acids is 1. The van der Waals surface area contributed by atoms with Crippen molar-refractivity contribution in [3.05, 3.63) is 12.2 Å². The molecule has 0 amide bonds. The summed E-state index contributed by atoms with van der Waals surface area (Å²) < 4.78 is 11.5. The van der Waals surface area contributed by atoms with Crippen LogP contribution in [0.15, 0.2) is 12.2 Å². The lowest BCUT2D eigenvalue weighted by molar-refractivity contribution is -0.257. The van der Waals surface area contributed by atoms with Crippen molar-refractivity contribution in [3.8, 4) is 0 Å². The second-order valence-corrected chi connectivity index (χ2v) is 8.57. The highest BCUT2D eigenvalue weighted by Gasteiger charge is 2.60. The molecule has 4 bridgehead atoms. The van der Waals surface area contributed by atoms with Crippen LogP contribution in [-0.4, -0.2) is 18.9 Å². The smallest absolute Gasteiger partial charge is 0.338 e. The van der Waals surface area contributed by atoms with Crippen LogP contribution in [0.2, 0.25) is 0 Å². The lowest BCUT2D eigenvalue weighted by Crippen LogP contribution is -2.58. The van der Waals surface area contributed by atoms with Gasteiger partial charge in [0.15, 0.2) is 0 Å². The summed E-state index contributed by atoms with van der Waals surface area (Å²) in [6.45, 7) is 8.54. The molecule has 1 atom stereocenters. The van der Waals surface area contributed by atoms with E-state index >= 15 is 0 Å².